The molecular formula is C22H25N3OS. The van der Waals surface area contributed by atoms with Crippen LogP contribution in [0.5, 0.6) is 0 Å². The molecule has 1 N–H and O–H groups in total. The molecule has 1 saturated heterocycles. The van der Waals surface area contributed by atoms with Crippen LogP contribution in [0.3, 0.4) is 0 Å². The van der Waals surface area contributed by atoms with Crippen molar-refractivity contribution < 1.29 is 4.79 Å². The number of benzene rings is 1. The van der Waals surface area contributed by atoms with Crippen molar-refractivity contribution in [3.05, 3.63) is 52.5 Å². The molecule has 0 radical (unpaired) electrons. The van der Waals surface area contributed by atoms with Gasteiger partial charge in [-0.05, 0) is 56.9 Å². The van der Waals surface area contributed by atoms with Crippen LogP contribution in [0.4, 0.5) is 11.5 Å². The summed E-state index contributed by atoms with van der Waals surface area (Å²) in [5.74, 6) is 1.11. The lowest BCUT2D eigenvalue weighted by Gasteiger charge is -2.33. The van der Waals surface area contributed by atoms with Crippen LogP contribution >= 0.6 is 11.3 Å². The predicted molar refractivity (Wildman–Crippen MR) is 114 cm³/mol. The molecule has 140 valence electrons. The Balaban J connectivity index is 1.55. The molecule has 0 saturated carbocycles. The van der Waals surface area contributed by atoms with Gasteiger partial charge in [0.1, 0.15) is 5.82 Å². The summed E-state index contributed by atoms with van der Waals surface area (Å²) in [6.07, 6.45) is 3.81. The van der Waals surface area contributed by atoms with Gasteiger partial charge in [0, 0.05) is 39.9 Å². The molecule has 1 amide bonds. The Hall–Kier alpha value is -2.40. The van der Waals surface area contributed by atoms with Crippen molar-refractivity contribution >= 4 is 38.8 Å². The highest BCUT2D eigenvalue weighted by atomic mass is 32.1. The molecule has 1 aliphatic rings. The van der Waals surface area contributed by atoms with Gasteiger partial charge in [0.2, 0.25) is 5.91 Å². The molecule has 1 aromatic carbocycles. The van der Waals surface area contributed by atoms with Gasteiger partial charge < -0.3 is 10.2 Å². The van der Waals surface area contributed by atoms with Gasteiger partial charge in [-0.2, -0.15) is 0 Å². The number of hydrogen-bond donors (Lipinski definition) is 1. The van der Waals surface area contributed by atoms with Gasteiger partial charge in [-0.15, -0.1) is 11.3 Å². The van der Waals surface area contributed by atoms with Gasteiger partial charge in [-0.1, -0.05) is 18.2 Å². The van der Waals surface area contributed by atoms with Crippen molar-refractivity contribution in [3.8, 4) is 0 Å². The van der Waals surface area contributed by atoms with Crippen LogP contribution < -0.4 is 10.2 Å². The maximum absolute atomic E-state index is 13.0. The Morgan fingerprint density at radius 2 is 2.00 bits per heavy atom. The molecule has 2 aromatic heterocycles. The fourth-order valence-corrected chi connectivity index (χ4v) is 4.86. The molecule has 0 spiro atoms. The second-order valence-corrected chi connectivity index (χ2v) is 8.73. The minimum absolute atomic E-state index is 0.0189. The monoisotopic (exact) mass is 379 g/mol. The first-order chi connectivity index (χ1) is 13.0. The van der Waals surface area contributed by atoms with E-state index in [1.165, 1.54) is 15.0 Å². The highest BCUT2D eigenvalue weighted by Gasteiger charge is 2.28. The number of nitrogens with one attached hydrogen (secondary N) is 1. The lowest BCUT2D eigenvalue weighted by molar-refractivity contribution is -0.120. The van der Waals surface area contributed by atoms with Gasteiger partial charge in [0.05, 0.1) is 5.92 Å². The number of carbonyl (C=O) groups excluding carboxylic acids is 1. The normalized spacial score (nSPS) is 17.3. The highest BCUT2D eigenvalue weighted by Crippen LogP contribution is 2.33. The summed E-state index contributed by atoms with van der Waals surface area (Å²) < 4.78 is 1.26. The van der Waals surface area contributed by atoms with E-state index in [0.29, 0.717) is 0 Å². The number of rotatable bonds is 3. The number of anilines is 2. The molecule has 0 aliphatic carbocycles. The number of piperidine rings is 1. The third-order valence-corrected chi connectivity index (χ3v) is 6.38. The second kappa shape index (κ2) is 7.31. The second-order valence-electron chi connectivity index (χ2n) is 7.44. The van der Waals surface area contributed by atoms with Gasteiger partial charge in [0.25, 0.3) is 0 Å². The minimum atomic E-state index is -0.0189. The van der Waals surface area contributed by atoms with Gasteiger partial charge in [0.15, 0.2) is 0 Å². The summed E-state index contributed by atoms with van der Waals surface area (Å²) in [4.78, 5) is 21.2. The standard InChI is InChI=1S/C22H25N3OS/c1-14-6-4-7-15(2)20(14)24-22(26)17-8-5-11-25(13-17)21-18-12-16(3)27-19(18)9-10-23-21/h4,6-7,9-10,12,17H,5,8,11,13H2,1-3H3,(H,24,26). The van der Waals surface area contributed by atoms with Crippen molar-refractivity contribution in [3.63, 3.8) is 0 Å². The number of amides is 1. The molecule has 1 atom stereocenters. The van der Waals surface area contributed by atoms with Gasteiger partial charge >= 0.3 is 0 Å². The number of para-hydroxylation sites is 1. The van der Waals surface area contributed by atoms with E-state index in [1.807, 2.05) is 38.2 Å². The SMILES string of the molecule is Cc1cc2c(N3CCCC(C(=O)Nc4c(C)cccc4C)C3)nccc2s1. The molecule has 1 aliphatic heterocycles. The minimum Gasteiger partial charge on any atom is -0.355 e. The van der Waals surface area contributed by atoms with Crippen LogP contribution in [0.25, 0.3) is 10.1 Å². The molecular weight excluding hydrogens is 354 g/mol. The van der Waals surface area contributed by atoms with E-state index in [0.717, 1.165) is 48.6 Å². The van der Waals surface area contributed by atoms with Crippen LogP contribution in [-0.4, -0.2) is 24.0 Å². The van der Waals surface area contributed by atoms with E-state index in [1.54, 1.807) is 11.3 Å². The first kappa shape index (κ1) is 18.0. The molecule has 4 nitrogen and oxygen atoms in total. The molecule has 0 bridgehead atoms. The van der Waals surface area contributed by atoms with Crippen LogP contribution in [0, 0.1) is 26.7 Å². The Labute approximate surface area is 164 Å². The zero-order valence-electron chi connectivity index (χ0n) is 16.1. The number of fused-ring (bicyclic) bond motifs is 1. The number of thiophene rings is 1. The summed E-state index contributed by atoms with van der Waals surface area (Å²) in [7, 11) is 0. The van der Waals surface area contributed by atoms with E-state index in [4.69, 9.17) is 0 Å². The van der Waals surface area contributed by atoms with Gasteiger partial charge in [-0.3, -0.25) is 4.79 Å². The van der Waals surface area contributed by atoms with Crippen molar-refractivity contribution in [2.45, 2.75) is 33.6 Å². The summed E-state index contributed by atoms with van der Waals surface area (Å²) >= 11 is 1.80. The van der Waals surface area contributed by atoms with E-state index < -0.39 is 0 Å². The maximum Gasteiger partial charge on any atom is 0.229 e. The predicted octanol–water partition coefficient (Wildman–Crippen LogP) is 5.08. The molecule has 1 unspecified atom stereocenters. The van der Waals surface area contributed by atoms with Crippen LogP contribution in [0.2, 0.25) is 0 Å². The fourth-order valence-electron chi connectivity index (χ4n) is 3.95. The third-order valence-electron chi connectivity index (χ3n) is 5.37. The Morgan fingerprint density at radius 3 is 2.78 bits per heavy atom. The molecule has 1 fully saturated rings. The smallest absolute Gasteiger partial charge is 0.229 e. The van der Waals surface area contributed by atoms with Crippen LogP contribution in [0.15, 0.2) is 36.5 Å². The maximum atomic E-state index is 13.0. The van der Waals surface area contributed by atoms with E-state index in [-0.39, 0.29) is 11.8 Å². The van der Waals surface area contributed by atoms with Crippen molar-refractivity contribution in [2.75, 3.05) is 23.3 Å². The van der Waals surface area contributed by atoms with Gasteiger partial charge in [-0.25, -0.2) is 4.98 Å². The van der Waals surface area contributed by atoms with Crippen molar-refractivity contribution in [2.24, 2.45) is 5.92 Å². The van der Waals surface area contributed by atoms with Crippen LogP contribution in [-0.2, 0) is 4.79 Å². The Kier molecular flexibility index (Phi) is 4.87. The first-order valence-corrected chi connectivity index (χ1v) is 10.3. The zero-order chi connectivity index (χ0) is 19.0. The number of hydrogen-bond acceptors (Lipinski definition) is 4. The summed E-state index contributed by atoms with van der Waals surface area (Å²) in [6, 6.07) is 10.4. The number of pyridine rings is 1. The first-order valence-electron chi connectivity index (χ1n) is 9.50. The molecule has 3 aromatic rings. The summed E-state index contributed by atoms with van der Waals surface area (Å²) in [6.45, 7) is 7.88. The average Bonchev–Trinajstić information content (AvgIpc) is 3.05. The summed E-state index contributed by atoms with van der Waals surface area (Å²) in [5.41, 5.74) is 3.17. The van der Waals surface area contributed by atoms with Crippen molar-refractivity contribution in [1.29, 1.82) is 0 Å². The fraction of sp³-hybridized carbons (Fsp3) is 0.364. The molecule has 27 heavy (non-hydrogen) atoms. The van der Waals surface area contributed by atoms with E-state index >= 15 is 0 Å². The number of carbonyl (C=O) groups is 1. The number of aromatic nitrogens is 1. The van der Waals surface area contributed by atoms with E-state index in [2.05, 4.69) is 34.3 Å². The lowest BCUT2D eigenvalue weighted by Crippen LogP contribution is -2.41. The number of nitrogens with zero attached hydrogens (tertiary/aromatic N) is 2. The quantitative estimate of drug-likeness (QED) is 0.690. The molecule has 3 heterocycles. The average molecular weight is 380 g/mol. The number of aryl methyl sites for hydroxylation is 3. The highest BCUT2D eigenvalue weighted by molar-refractivity contribution is 7.19. The Bertz CT molecular complexity index is 974. The molecule has 5 heteroatoms. The van der Waals surface area contributed by atoms with Crippen LogP contribution in [0.1, 0.15) is 28.8 Å². The lowest BCUT2D eigenvalue weighted by atomic mass is 9.96. The zero-order valence-corrected chi connectivity index (χ0v) is 16.9. The largest absolute Gasteiger partial charge is 0.355 e. The van der Waals surface area contributed by atoms with E-state index in [9.17, 15) is 4.79 Å². The van der Waals surface area contributed by atoms with Crippen molar-refractivity contribution in [1.82, 2.24) is 4.98 Å². The summed E-state index contributed by atoms with van der Waals surface area (Å²) in [5, 5.41) is 4.38. The topological polar surface area (TPSA) is 45.2 Å². The Morgan fingerprint density at radius 1 is 1.22 bits per heavy atom. The molecule has 4 rings (SSSR count). The third kappa shape index (κ3) is 3.56.